The van der Waals surface area contributed by atoms with Crippen LogP contribution in [0.5, 0.6) is 0 Å². The highest BCUT2D eigenvalue weighted by atomic mass is 16.2. The number of benzene rings is 2. The summed E-state index contributed by atoms with van der Waals surface area (Å²) in [7, 11) is 0. The maximum absolute atomic E-state index is 13.1. The van der Waals surface area contributed by atoms with Crippen LogP contribution in [0.25, 0.3) is 0 Å². The van der Waals surface area contributed by atoms with E-state index in [4.69, 9.17) is 0 Å². The fourth-order valence-corrected chi connectivity index (χ4v) is 3.73. The first kappa shape index (κ1) is 18.9. The Morgan fingerprint density at radius 1 is 1.00 bits per heavy atom. The summed E-state index contributed by atoms with van der Waals surface area (Å²) in [6.45, 7) is 4.22. The molecule has 7 heteroatoms. The van der Waals surface area contributed by atoms with Crippen LogP contribution in [0.4, 0.5) is 11.4 Å². The molecule has 2 heterocycles. The van der Waals surface area contributed by atoms with Crippen molar-refractivity contribution in [2.24, 2.45) is 0 Å². The summed E-state index contributed by atoms with van der Waals surface area (Å²) in [5, 5.41) is 5.41. The number of nitrogens with zero attached hydrogens (tertiary/aromatic N) is 1. The van der Waals surface area contributed by atoms with Gasteiger partial charge in [-0.05, 0) is 42.2 Å². The van der Waals surface area contributed by atoms with Gasteiger partial charge in [0.2, 0.25) is 11.8 Å². The lowest BCUT2D eigenvalue weighted by Crippen LogP contribution is -2.54. The molecule has 2 aromatic carbocycles. The SMILES string of the molecule is CC(C)c1ccc(Nc2cccc3c2C(=O)N(C2CCC(=O)NC2=O)C3=O)cc1. The minimum atomic E-state index is -0.974. The summed E-state index contributed by atoms with van der Waals surface area (Å²) in [6.07, 6.45) is 0.229. The first-order valence-electron chi connectivity index (χ1n) is 9.58. The van der Waals surface area contributed by atoms with E-state index >= 15 is 0 Å². The maximum Gasteiger partial charge on any atom is 0.264 e. The monoisotopic (exact) mass is 391 g/mol. The topological polar surface area (TPSA) is 95.6 Å². The molecule has 0 radical (unpaired) electrons. The molecule has 0 saturated carbocycles. The number of imide groups is 2. The van der Waals surface area contributed by atoms with Crippen molar-refractivity contribution in [3.05, 3.63) is 59.2 Å². The van der Waals surface area contributed by atoms with Gasteiger partial charge in [0, 0.05) is 12.1 Å². The van der Waals surface area contributed by atoms with Gasteiger partial charge in [-0.15, -0.1) is 0 Å². The number of piperidine rings is 1. The number of hydrogen-bond acceptors (Lipinski definition) is 5. The lowest BCUT2D eigenvalue weighted by molar-refractivity contribution is -0.136. The predicted octanol–water partition coefficient (Wildman–Crippen LogP) is 2.95. The molecule has 1 fully saturated rings. The van der Waals surface area contributed by atoms with Crippen LogP contribution in [0.3, 0.4) is 0 Å². The Bertz CT molecular complexity index is 1030. The smallest absolute Gasteiger partial charge is 0.264 e. The third-order valence-corrected chi connectivity index (χ3v) is 5.32. The number of amides is 4. The van der Waals surface area contributed by atoms with Crippen LogP contribution in [-0.2, 0) is 9.59 Å². The number of nitrogens with one attached hydrogen (secondary N) is 2. The number of fused-ring (bicyclic) bond motifs is 1. The molecule has 4 amide bonds. The van der Waals surface area contributed by atoms with Crippen molar-refractivity contribution in [3.8, 4) is 0 Å². The van der Waals surface area contributed by atoms with Crippen molar-refractivity contribution < 1.29 is 19.2 Å². The third-order valence-electron chi connectivity index (χ3n) is 5.32. The van der Waals surface area contributed by atoms with E-state index in [2.05, 4.69) is 24.5 Å². The average Bonchev–Trinajstić information content (AvgIpc) is 2.94. The molecule has 29 heavy (non-hydrogen) atoms. The maximum atomic E-state index is 13.1. The van der Waals surface area contributed by atoms with Gasteiger partial charge in [-0.25, -0.2) is 0 Å². The Morgan fingerprint density at radius 3 is 2.38 bits per heavy atom. The van der Waals surface area contributed by atoms with Crippen molar-refractivity contribution in [2.75, 3.05) is 5.32 Å². The van der Waals surface area contributed by atoms with Crippen molar-refractivity contribution in [3.63, 3.8) is 0 Å². The van der Waals surface area contributed by atoms with E-state index in [9.17, 15) is 19.2 Å². The summed E-state index contributed by atoms with van der Waals surface area (Å²) in [4.78, 5) is 50.5. The molecule has 2 aliphatic rings. The third kappa shape index (κ3) is 3.29. The minimum Gasteiger partial charge on any atom is -0.355 e. The van der Waals surface area contributed by atoms with E-state index in [0.29, 0.717) is 11.6 Å². The molecule has 0 aromatic heterocycles. The summed E-state index contributed by atoms with van der Waals surface area (Å²) < 4.78 is 0. The van der Waals surface area contributed by atoms with Gasteiger partial charge in [-0.1, -0.05) is 32.0 Å². The van der Waals surface area contributed by atoms with E-state index in [0.717, 1.165) is 10.6 Å². The van der Waals surface area contributed by atoms with Crippen LogP contribution >= 0.6 is 0 Å². The molecule has 148 valence electrons. The van der Waals surface area contributed by atoms with Crippen LogP contribution in [0, 0.1) is 0 Å². The molecule has 4 rings (SSSR count). The number of carbonyl (C=O) groups is 4. The zero-order chi connectivity index (χ0) is 20.7. The van der Waals surface area contributed by atoms with Gasteiger partial charge in [-0.2, -0.15) is 0 Å². The molecule has 1 atom stereocenters. The molecule has 1 unspecified atom stereocenters. The van der Waals surface area contributed by atoms with Crippen LogP contribution in [0.15, 0.2) is 42.5 Å². The molecule has 0 spiro atoms. The Balaban J connectivity index is 1.64. The predicted molar refractivity (Wildman–Crippen MR) is 107 cm³/mol. The molecular formula is C22H21N3O4. The second-order valence-electron chi connectivity index (χ2n) is 7.58. The molecule has 7 nitrogen and oxygen atoms in total. The number of rotatable bonds is 4. The first-order chi connectivity index (χ1) is 13.9. The van der Waals surface area contributed by atoms with E-state index in [1.807, 2.05) is 24.3 Å². The first-order valence-corrected chi connectivity index (χ1v) is 9.58. The van der Waals surface area contributed by atoms with Crippen LogP contribution < -0.4 is 10.6 Å². The fourth-order valence-electron chi connectivity index (χ4n) is 3.73. The number of anilines is 2. The lowest BCUT2D eigenvalue weighted by atomic mass is 10.0. The second kappa shape index (κ2) is 7.16. The van der Waals surface area contributed by atoms with Crippen LogP contribution in [-0.4, -0.2) is 34.6 Å². The quantitative estimate of drug-likeness (QED) is 0.782. The van der Waals surface area contributed by atoms with Gasteiger partial charge in [-0.3, -0.25) is 29.4 Å². The Morgan fingerprint density at radius 2 is 1.72 bits per heavy atom. The standard InChI is InChI=1S/C22H21N3O4/c1-12(2)13-6-8-14(9-7-13)23-16-5-3-4-15-19(16)22(29)25(21(15)28)17-10-11-18(26)24-20(17)27/h3-9,12,17,23H,10-11H2,1-2H3,(H,24,26,27). The highest BCUT2D eigenvalue weighted by Crippen LogP contribution is 2.34. The van der Waals surface area contributed by atoms with Crippen LogP contribution in [0.2, 0.25) is 0 Å². The molecule has 2 N–H and O–H groups in total. The lowest BCUT2D eigenvalue weighted by Gasteiger charge is -2.27. The van der Waals surface area contributed by atoms with Crippen molar-refractivity contribution >= 4 is 35.0 Å². The minimum absolute atomic E-state index is 0.0944. The van der Waals surface area contributed by atoms with Crippen molar-refractivity contribution in [1.29, 1.82) is 0 Å². The van der Waals surface area contributed by atoms with Gasteiger partial charge >= 0.3 is 0 Å². The Hall–Kier alpha value is -3.48. The van der Waals surface area contributed by atoms with Gasteiger partial charge in [0.25, 0.3) is 11.8 Å². The highest BCUT2D eigenvalue weighted by molar-refractivity contribution is 6.25. The summed E-state index contributed by atoms with van der Waals surface area (Å²) >= 11 is 0. The molecule has 1 saturated heterocycles. The fraction of sp³-hybridized carbons (Fsp3) is 0.273. The van der Waals surface area contributed by atoms with Gasteiger partial charge in [0.05, 0.1) is 16.8 Å². The molecular weight excluding hydrogens is 370 g/mol. The largest absolute Gasteiger partial charge is 0.355 e. The normalized spacial score (nSPS) is 18.9. The van der Waals surface area contributed by atoms with Crippen LogP contribution in [0.1, 0.15) is 58.9 Å². The van der Waals surface area contributed by atoms with Crippen molar-refractivity contribution in [2.45, 2.75) is 38.6 Å². The van der Waals surface area contributed by atoms with E-state index in [-0.39, 0.29) is 24.0 Å². The molecule has 0 bridgehead atoms. The zero-order valence-corrected chi connectivity index (χ0v) is 16.2. The van der Waals surface area contributed by atoms with E-state index in [1.54, 1.807) is 18.2 Å². The van der Waals surface area contributed by atoms with E-state index in [1.165, 1.54) is 5.56 Å². The summed E-state index contributed by atoms with van der Waals surface area (Å²) in [5.41, 5.74) is 3.00. The average molecular weight is 391 g/mol. The molecule has 2 aliphatic heterocycles. The zero-order valence-electron chi connectivity index (χ0n) is 16.2. The Kier molecular flexibility index (Phi) is 4.66. The van der Waals surface area contributed by atoms with Gasteiger partial charge < -0.3 is 5.32 Å². The highest BCUT2D eigenvalue weighted by Gasteiger charge is 2.45. The number of hydrogen-bond donors (Lipinski definition) is 2. The summed E-state index contributed by atoms with van der Waals surface area (Å²) in [5.74, 6) is -1.64. The second-order valence-corrected chi connectivity index (χ2v) is 7.58. The molecule has 0 aliphatic carbocycles. The van der Waals surface area contributed by atoms with Gasteiger partial charge in [0.1, 0.15) is 6.04 Å². The van der Waals surface area contributed by atoms with Gasteiger partial charge in [0.15, 0.2) is 0 Å². The summed E-state index contributed by atoms with van der Waals surface area (Å²) in [6, 6.07) is 11.9. The Labute approximate surface area is 168 Å². The van der Waals surface area contributed by atoms with Crippen molar-refractivity contribution in [1.82, 2.24) is 10.2 Å². The molecule has 2 aromatic rings. The van der Waals surface area contributed by atoms with E-state index < -0.39 is 29.7 Å². The number of carbonyl (C=O) groups excluding carboxylic acids is 4.